The van der Waals surface area contributed by atoms with Gasteiger partial charge in [0.05, 0.1) is 12.6 Å². The van der Waals surface area contributed by atoms with E-state index in [-0.39, 0.29) is 12.1 Å². The lowest BCUT2D eigenvalue weighted by Crippen LogP contribution is -2.36. The van der Waals surface area contributed by atoms with Crippen LogP contribution in [-0.2, 0) is 6.54 Å². The zero-order valence-electron chi connectivity index (χ0n) is 13.9. The third-order valence-electron chi connectivity index (χ3n) is 3.42. The lowest BCUT2D eigenvalue weighted by molar-refractivity contribution is 0.237. The van der Waals surface area contributed by atoms with Crippen LogP contribution in [-0.4, -0.2) is 17.6 Å². The first-order valence-corrected chi connectivity index (χ1v) is 8.76. The quantitative estimate of drug-likeness (QED) is 0.743. The average molecular weight is 392 g/mol. The van der Waals surface area contributed by atoms with Gasteiger partial charge in [0.25, 0.3) is 0 Å². The van der Waals surface area contributed by atoms with Gasteiger partial charge in [-0.2, -0.15) is 0 Å². The molecular formula is C18H22BrN3O2. The Bertz CT molecular complexity index is 662. The molecule has 0 saturated heterocycles. The fraction of sp³-hybridized carbons (Fsp3) is 0.333. The second-order valence-corrected chi connectivity index (χ2v) is 6.28. The van der Waals surface area contributed by atoms with Crippen LogP contribution in [0.5, 0.6) is 5.88 Å². The molecule has 2 aromatic rings. The molecule has 0 aliphatic rings. The summed E-state index contributed by atoms with van der Waals surface area (Å²) in [5, 5.41) is 5.76. The Kier molecular flexibility index (Phi) is 7.06. The Morgan fingerprint density at radius 2 is 2.08 bits per heavy atom. The van der Waals surface area contributed by atoms with E-state index in [1.807, 2.05) is 50.2 Å². The molecule has 0 saturated carbocycles. The largest absolute Gasteiger partial charge is 0.478 e. The van der Waals surface area contributed by atoms with E-state index < -0.39 is 0 Å². The van der Waals surface area contributed by atoms with Gasteiger partial charge in [0.15, 0.2) is 0 Å². The molecule has 0 radical (unpaired) electrons. The maximum absolute atomic E-state index is 12.0. The van der Waals surface area contributed by atoms with Crippen molar-refractivity contribution in [2.45, 2.75) is 32.9 Å². The number of nitrogens with zero attached hydrogens (tertiary/aromatic N) is 1. The predicted molar refractivity (Wildman–Crippen MR) is 98.0 cm³/mol. The summed E-state index contributed by atoms with van der Waals surface area (Å²) in [4.78, 5) is 16.3. The zero-order chi connectivity index (χ0) is 17.4. The molecule has 0 fully saturated rings. The van der Waals surface area contributed by atoms with Crippen molar-refractivity contribution >= 4 is 22.0 Å². The molecule has 0 bridgehead atoms. The molecule has 0 aliphatic carbocycles. The first kappa shape index (κ1) is 18.3. The number of carbonyl (C=O) groups excluding carboxylic acids is 1. The number of hydrogen-bond donors (Lipinski definition) is 2. The second kappa shape index (κ2) is 9.27. The molecule has 0 spiro atoms. The van der Waals surface area contributed by atoms with Crippen molar-refractivity contribution in [2.75, 3.05) is 6.61 Å². The summed E-state index contributed by atoms with van der Waals surface area (Å²) < 4.78 is 6.41. The number of amides is 2. The summed E-state index contributed by atoms with van der Waals surface area (Å²) >= 11 is 3.50. The number of rotatable bonds is 7. The van der Waals surface area contributed by atoms with Crippen LogP contribution in [0.15, 0.2) is 47.1 Å². The number of hydrogen-bond acceptors (Lipinski definition) is 3. The molecule has 2 N–H and O–H groups in total. The van der Waals surface area contributed by atoms with Crippen LogP contribution in [0, 0.1) is 0 Å². The molecule has 1 aromatic heterocycles. The van der Waals surface area contributed by atoms with Gasteiger partial charge in [-0.25, -0.2) is 9.78 Å². The summed E-state index contributed by atoms with van der Waals surface area (Å²) in [7, 11) is 0. The molecule has 6 heteroatoms. The summed E-state index contributed by atoms with van der Waals surface area (Å²) in [6.07, 6.45) is 2.66. The topological polar surface area (TPSA) is 63.2 Å². The van der Waals surface area contributed by atoms with Crippen LogP contribution >= 0.6 is 15.9 Å². The predicted octanol–water partition coefficient (Wildman–Crippen LogP) is 4.19. The van der Waals surface area contributed by atoms with E-state index in [2.05, 4.69) is 31.5 Å². The minimum absolute atomic E-state index is 0.0940. The summed E-state index contributed by atoms with van der Waals surface area (Å²) in [6, 6.07) is 11.2. The number of aromatic nitrogens is 1. The highest BCUT2D eigenvalue weighted by atomic mass is 79.9. The zero-order valence-corrected chi connectivity index (χ0v) is 15.5. The molecule has 2 rings (SSSR count). The van der Waals surface area contributed by atoms with Crippen molar-refractivity contribution in [3.63, 3.8) is 0 Å². The van der Waals surface area contributed by atoms with E-state index in [9.17, 15) is 4.79 Å². The summed E-state index contributed by atoms with van der Waals surface area (Å²) in [5.41, 5.74) is 1.95. The molecule has 128 valence electrons. The molecule has 1 atom stereocenters. The van der Waals surface area contributed by atoms with Crippen LogP contribution in [0.25, 0.3) is 0 Å². The van der Waals surface area contributed by atoms with E-state index >= 15 is 0 Å². The van der Waals surface area contributed by atoms with Crippen LogP contribution in [0.4, 0.5) is 4.79 Å². The van der Waals surface area contributed by atoms with Gasteiger partial charge in [0.2, 0.25) is 5.88 Å². The van der Waals surface area contributed by atoms with Crippen molar-refractivity contribution in [1.82, 2.24) is 15.6 Å². The van der Waals surface area contributed by atoms with Crippen molar-refractivity contribution < 1.29 is 9.53 Å². The molecule has 1 heterocycles. The molecule has 24 heavy (non-hydrogen) atoms. The summed E-state index contributed by atoms with van der Waals surface area (Å²) in [5.74, 6) is 0.604. The molecular weight excluding hydrogens is 370 g/mol. The second-order valence-electron chi connectivity index (χ2n) is 5.42. The Morgan fingerprint density at radius 3 is 2.75 bits per heavy atom. The maximum atomic E-state index is 12.0. The van der Waals surface area contributed by atoms with Crippen LogP contribution in [0.1, 0.15) is 37.4 Å². The van der Waals surface area contributed by atoms with Crippen molar-refractivity contribution in [3.8, 4) is 5.88 Å². The van der Waals surface area contributed by atoms with Crippen molar-refractivity contribution in [2.24, 2.45) is 0 Å². The lowest BCUT2D eigenvalue weighted by Gasteiger charge is -2.16. The Labute approximate surface area is 151 Å². The first-order valence-electron chi connectivity index (χ1n) is 7.96. The normalized spacial score (nSPS) is 11.6. The highest BCUT2D eigenvalue weighted by Gasteiger charge is 2.11. The van der Waals surface area contributed by atoms with Crippen molar-refractivity contribution in [3.05, 3.63) is 58.2 Å². The minimum atomic E-state index is -0.218. The Hall–Kier alpha value is -2.08. The number of benzene rings is 1. The molecule has 5 nitrogen and oxygen atoms in total. The SMILES string of the molecule is CCCOc1ccc(CNC(=O)NC(C)c2ccccc2Br)cn1. The van der Waals surface area contributed by atoms with Gasteiger partial charge in [0.1, 0.15) is 0 Å². The fourth-order valence-electron chi connectivity index (χ4n) is 2.14. The van der Waals surface area contributed by atoms with E-state index in [1.54, 1.807) is 6.20 Å². The highest BCUT2D eigenvalue weighted by Crippen LogP contribution is 2.22. The van der Waals surface area contributed by atoms with Gasteiger partial charge in [-0.3, -0.25) is 0 Å². The van der Waals surface area contributed by atoms with Crippen LogP contribution in [0.2, 0.25) is 0 Å². The third-order valence-corrected chi connectivity index (χ3v) is 4.15. The number of ether oxygens (including phenoxy) is 1. The van der Waals surface area contributed by atoms with Crippen LogP contribution in [0.3, 0.4) is 0 Å². The monoisotopic (exact) mass is 391 g/mol. The van der Waals surface area contributed by atoms with Gasteiger partial charge in [0, 0.05) is 23.3 Å². The lowest BCUT2D eigenvalue weighted by atomic mass is 10.1. The number of carbonyl (C=O) groups is 1. The standard InChI is InChI=1S/C18H22BrN3O2/c1-3-10-24-17-9-8-14(11-20-17)12-21-18(23)22-13(2)15-6-4-5-7-16(15)19/h4-9,11,13H,3,10,12H2,1-2H3,(H2,21,22,23). The van der Waals surface area contributed by atoms with E-state index in [0.29, 0.717) is 19.0 Å². The smallest absolute Gasteiger partial charge is 0.315 e. The molecule has 1 unspecified atom stereocenters. The van der Waals surface area contributed by atoms with Gasteiger partial charge in [-0.05, 0) is 30.5 Å². The molecule has 0 aliphatic heterocycles. The number of pyridine rings is 1. The number of urea groups is 1. The fourth-order valence-corrected chi connectivity index (χ4v) is 2.77. The van der Waals surface area contributed by atoms with E-state index in [1.165, 1.54) is 0 Å². The van der Waals surface area contributed by atoms with Gasteiger partial charge >= 0.3 is 6.03 Å². The molecule has 1 aromatic carbocycles. The van der Waals surface area contributed by atoms with Gasteiger partial charge in [-0.15, -0.1) is 0 Å². The number of nitrogens with one attached hydrogen (secondary N) is 2. The van der Waals surface area contributed by atoms with Gasteiger partial charge < -0.3 is 15.4 Å². The average Bonchev–Trinajstić information content (AvgIpc) is 2.59. The van der Waals surface area contributed by atoms with Crippen molar-refractivity contribution in [1.29, 1.82) is 0 Å². The Morgan fingerprint density at radius 1 is 1.29 bits per heavy atom. The first-order chi connectivity index (χ1) is 11.6. The van der Waals surface area contributed by atoms with E-state index in [4.69, 9.17) is 4.74 Å². The molecule has 2 amide bonds. The van der Waals surface area contributed by atoms with E-state index in [0.717, 1.165) is 22.0 Å². The third kappa shape index (κ3) is 5.53. The maximum Gasteiger partial charge on any atom is 0.315 e. The van der Waals surface area contributed by atoms with Gasteiger partial charge in [-0.1, -0.05) is 47.1 Å². The number of halogens is 1. The van der Waals surface area contributed by atoms with Crippen LogP contribution < -0.4 is 15.4 Å². The minimum Gasteiger partial charge on any atom is -0.478 e. The highest BCUT2D eigenvalue weighted by molar-refractivity contribution is 9.10. The Balaban J connectivity index is 1.81. The summed E-state index contributed by atoms with van der Waals surface area (Å²) in [6.45, 7) is 5.06.